The van der Waals surface area contributed by atoms with E-state index in [1.807, 2.05) is 6.92 Å². The lowest BCUT2D eigenvalue weighted by Gasteiger charge is -2.33. The smallest absolute Gasteiger partial charge is 0.237 e. The molecule has 2 fully saturated rings. The molecule has 0 radical (unpaired) electrons. The zero-order chi connectivity index (χ0) is 13.1. The molecule has 4 nitrogen and oxygen atoms in total. The largest absolute Gasteiger partial charge is 0.352 e. The number of halogens is 1. The number of nitrogens with one attached hydrogen (secondary N) is 1. The van der Waals surface area contributed by atoms with Gasteiger partial charge in [-0.2, -0.15) is 0 Å². The van der Waals surface area contributed by atoms with E-state index in [0.29, 0.717) is 6.04 Å². The van der Waals surface area contributed by atoms with E-state index in [2.05, 4.69) is 17.1 Å². The van der Waals surface area contributed by atoms with Gasteiger partial charge < -0.3 is 16.0 Å². The van der Waals surface area contributed by atoms with Gasteiger partial charge in [-0.05, 0) is 31.6 Å². The van der Waals surface area contributed by atoms with Crippen LogP contribution in [0.15, 0.2) is 0 Å². The van der Waals surface area contributed by atoms with E-state index in [1.54, 1.807) is 0 Å². The summed E-state index contributed by atoms with van der Waals surface area (Å²) in [6.45, 7) is 6.38. The lowest BCUT2D eigenvalue weighted by molar-refractivity contribution is -0.124. The van der Waals surface area contributed by atoms with Crippen LogP contribution in [0.2, 0.25) is 0 Å². The Morgan fingerprint density at radius 3 is 2.37 bits per heavy atom. The first-order valence-corrected chi connectivity index (χ1v) is 7.41. The summed E-state index contributed by atoms with van der Waals surface area (Å²) in [5.41, 5.74) is 5.95. The van der Waals surface area contributed by atoms with Crippen molar-refractivity contribution in [3.63, 3.8) is 0 Å². The summed E-state index contributed by atoms with van der Waals surface area (Å²) in [7, 11) is 0. The monoisotopic (exact) mass is 289 g/mol. The van der Waals surface area contributed by atoms with Gasteiger partial charge in [-0.3, -0.25) is 4.79 Å². The molecule has 1 heterocycles. The molecule has 1 saturated heterocycles. The molecule has 3 N–H and O–H groups in total. The molecule has 1 aliphatic carbocycles. The molecule has 1 aliphatic heterocycles. The maximum atomic E-state index is 12.0. The highest BCUT2D eigenvalue weighted by Gasteiger charge is 2.32. The molecule has 0 aromatic rings. The first kappa shape index (κ1) is 16.7. The highest BCUT2D eigenvalue weighted by atomic mass is 35.5. The van der Waals surface area contributed by atoms with Crippen molar-refractivity contribution in [2.24, 2.45) is 11.7 Å². The number of likely N-dealkylation sites (tertiary alicyclic amines) is 1. The number of amides is 1. The van der Waals surface area contributed by atoms with Crippen molar-refractivity contribution < 1.29 is 4.79 Å². The van der Waals surface area contributed by atoms with Crippen LogP contribution in [0.5, 0.6) is 0 Å². The molecular weight excluding hydrogens is 262 g/mol. The number of nitrogens with zero attached hydrogens (tertiary/aromatic N) is 1. The average Bonchev–Trinajstić information content (AvgIpc) is 3.22. The third-order valence-electron chi connectivity index (χ3n) is 4.50. The van der Waals surface area contributed by atoms with Crippen LogP contribution in [-0.2, 0) is 4.79 Å². The number of hydrogen-bond acceptors (Lipinski definition) is 3. The Morgan fingerprint density at radius 1 is 1.32 bits per heavy atom. The van der Waals surface area contributed by atoms with Gasteiger partial charge in [-0.25, -0.2) is 0 Å². The van der Waals surface area contributed by atoms with Gasteiger partial charge in [0.05, 0.1) is 6.04 Å². The second kappa shape index (κ2) is 7.46. The Labute approximate surface area is 122 Å². The maximum absolute atomic E-state index is 12.0. The molecule has 1 saturated carbocycles. The van der Waals surface area contributed by atoms with E-state index < -0.39 is 0 Å². The molecule has 2 aliphatic rings. The van der Waals surface area contributed by atoms with E-state index in [9.17, 15) is 4.79 Å². The van der Waals surface area contributed by atoms with Crippen LogP contribution in [0.4, 0.5) is 0 Å². The molecule has 0 aromatic heterocycles. The van der Waals surface area contributed by atoms with Crippen LogP contribution >= 0.6 is 12.4 Å². The highest BCUT2D eigenvalue weighted by Crippen LogP contribution is 2.29. The fourth-order valence-corrected chi connectivity index (χ4v) is 2.66. The van der Waals surface area contributed by atoms with Gasteiger partial charge in [-0.15, -0.1) is 12.4 Å². The van der Waals surface area contributed by atoms with E-state index in [-0.39, 0.29) is 30.3 Å². The van der Waals surface area contributed by atoms with E-state index in [1.165, 1.54) is 12.8 Å². The predicted octanol–water partition coefficient (Wildman–Crippen LogP) is 1.52. The van der Waals surface area contributed by atoms with Crippen molar-refractivity contribution in [1.82, 2.24) is 10.2 Å². The molecule has 0 bridgehead atoms. The first-order valence-electron chi connectivity index (χ1n) is 7.41. The van der Waals surface area contributed by atoms with Gasteiger partial charge in [-0.1, -0.05) is 20.3 Å². The average molecular weight is 290 g/mol. The summed E-state index contributed by atoms with van der Waals surface area (Å²) in [4.78, 5) is 14.6. The summed E-state index contributed by atoms with van der Waals surface area (Å²) in [5.74, 6) is 0.297. The van der Waals surface area contributed by atoms with Gasteiger partial charge in [0, 0.05) is 25.2 Å². The molecule has 1 amide bonds. The molecule has 5 heteroatoms. The van der Waals surface area contributed by atoms with Crippen LogP contribution in [0.1, 0.15) is 46.0 Å². The summed E-state index contributed by atoms with van der Waals surface area (Å²) in [6.07, 6.45) is 5.85. The van der Waals surface area contributed by atoms with Crippen molar-refractivity contribution in [3.8, 4) is 0 Å². The maximum Gasteiger partial charge on any atom is 0.237 e. The minimum Gasteiger partial charge on any atom is -0.352 e. The van der Waals surface area contributed by atoms with Crippen molar-refractivity contribution in [3.05, 3.63) is 0 Å². The van der Waals surface area contributed by atoms with Gasteiger partial charge in [0.25, 0.3) is 0 Å². The summed E-state index contributed by atoms with van der Waals surface area (Å²) >= 11 is 0. The predicted molar refractivity (Wildman–Crippen MR) is 80.4 cm³/mol. The Hall–Kier alpha value is -0.320. The molecule has 2 atom stereocenters. The second-order valence-electron chi connectivity index (χ2n) is 5.96. The number of nitrogens with two attached hydrogens (primary N) is 1. The number of carbonyl (C=O) groups is 1. The normalized spacial score (nSPS) is 24.4. The van der Waals surface area contributed by atoms with Gasteiger partial charge in [0.1, 0.15) is 0 Å². The van der Waals surface area contributed by atoms with Crippen molar-refractivity contribution >= 4 is 18.3 Å². The lowest BCUT2D eigenvalue weighted by Crippen LogP contribution is -2.51. The van der Waals surface area contributed by atoms with Gasteiger partial charge >= 0.3 is 0 Å². The summed E-state index contributed by atoms with van der Waals surface area (Å²) in [5, 5.41) is 3.12. The van der Waals surface area contributed by atoms with Crippen molar-refractivity contribution in [1.29, 1.82) is 0 Å². The highest BCUT2D eigenvalue weighted by molar-refractivity contribution is 5.85. The third-order valence-corrected chi connectivity index (χ3v) is 4.50. The first-order chi connectivity index (χ1) is 8.61. The number of rotatable bonds is 5. The Balaban J connectivity index is 0.00000180. The topological polar surface area (TPSA) is 58.4 Å². The fraction of sp³-hybridized carbons (Fsp3) is 0.929. The fourth-order valence-electron chi connectivity index (χ4n) is 2.66. The zero-order valence-corrected chi connectivity index (χ0v) is 12.9. The molecule has 0 spiro atoms. The van der Waals surface area contributed by atoms with Crippen molar-refractivity contribution in [2.45, 2.75) is 64.1 Å². The second-order valence-corrected chi connectivity index (χ2v) is 5.96. The Bertz CT molecular complexity index is 288. The third kappa shape index (κ3) is 4.62. The molecule has 2 unspecified atom stereocenters. The number of piperidine rings is 1. The summed E-state index contributed by atoms with van der Waals surface area (Å²) in [6, 6.07) is 0.836. The summed E-state index contributed by atoms with van der Waals surface area (Å²) < 4.78 is 0. The standard InChI is InChI=1S/C14H27N3O.ClH/c1-3-10(2)13(15)14(18)16-11-6-8-17(9-7-11)12-4-5-12;/h10-13H,3-9,15H2,1-2H3,(H,16,18);1H. The lowest BCUT2D eigenvalue weighted by atomic mass is 9.98. The zero-order valence-electron chi connectivity index (χ0n) is 12.1. The minimum absolute atomic E-state index is 0. The van der Waals surface area contributed by atoms with Gasteiger partial charge in [0.2, 0.25) is 5.91 Å². The van der Waals surface area contributed by atoms with Crippen LogP contribution in [-0.4, -0.2) is 42.0 Å². The van der Waals surface area contributed by atoms with E-state index in [0.717, 1.165) is 38.4 Å². The molecular formula is C14H28ClN3O. The quantitative estimate of drug-likeness (QED) is 0.807. The number of hydrogen-bond donors (Lipinski definition) is 2. The molecule has 19 heavy (non-hydrogen) atoms. The number of carbonyl (C=O) groups excluding carboxylic acids is 1. The van der Waals surface area contributed by atoms with Crippen LogP contribution in [0, 0.1) is 5.92 Å². The van der Waals surface area contributed by atoms with Crippen LogP contribution < -0.4 is 11.1 Å². The van der Waals surface area contributed by atoms with Crippen LogP contribution in [0.25, 0.3) is 0 Å². The van der Waals surface area contributed by atoms with Crippen molar-refractivity contribution in [2.75, 3.05) is 13.1 Å². The Morgan fingerprint density at radius 2 is 1.89 bits per heavy atom. The Kier molecular flexibility index (Phi) is 6.57. The van der Waals surface area contributed by atoms with Crippen LogP contribution in [0.3, 0.4) is 0 Å². The molecule has 0 aromatic carbocycles. The SMILES string of the molecule is CCC(C)C(N)C(=O)NC1CCN(C2CC2)CC1.Cl. The van der Waals surface area contributed by atoms with E-state index in [4.69, 9.17) is 5.73 Å². The van der Waals surface area contributed by atoms with Gasteiger partial charge in [0.15, 0.2) is 0 Å². The minimum atomic E-state index is -0.350. The molecule has 2 rings (SSSR count). The van der Waals surface area contributed by atoms with E-state index >= 15 is 0 Å². The molecule has 112 valence electrons.